The van der Waals surface area contributed by atoms with E-state index in [4.69, 9.17) is 18.9 Å². The van der Waals surface area contributed by atoms with E-state index in [1.54, 1.807) is 38.6 Å². The van der Waals surface area contributed by atoms with Crippen molar-refractivity contribution in [2.45, 2.75) is 19.6 Å². The molecule has 0 spiro atoms. The number of nitrogens with zero attached hydrogens (tertiary/aromatic N) is 5. The molecule has 0 amide bonds. The van der Waals surface area contributed by atoms with E-state index < -0.39 is 12.7 Å². The van der Waals surface area contributed by atoms with Crippen LogP contribution < -0.4 is 9.47 Å². The van der Waals surface area contributed by atoms with E-state index >= 15 is 0 Å². The molecule has 0 saturated carbocycles. The summed E-state index contributed by atoms with van der Waals surface area (Å²) < 4.78 is 61.7. The predicted octanol–water partition coefficient (Wildman–Crippen LogP) is 3.91. The summed E-state index contributed by atoms with van der Waals surface area (Å²) >= 11 is 0. The third-order valence-electron chi connectivity index (χ3n) is 5.41. The lowest BCUT2D eigenvalue weighted by Crippen LogP contribution is -2.17. The summed E-state index contributed by atoms with van der Waals surface area (Å²) in [5.74, 6) is 0.564. The molecule has 37 heavy (non-hydrogen) atoms. The van der Waals surface area contributed by atoms with Gasteiger partial charge in [-0.2, -0.15) is 18.3 Å². The highest BCUT2D eigenvalue weighted by molar-refractivity contribution is 5.90. The van der Waals surface area contributed by atoms with Crippen LogP contribution in [0, 0.1) is 6.92 Å². The minimum atomic E-state index is -4.41. The first-order valence-corrected chi connectivity index (χ1v) is 11.3. The summed E-state index contributed by atoms with van der Waals surface area (Å²) in [6, 6.07) is 3.52. The van der Waals surface area contributed by atoms with Gasteiger partial charge in [-0.1, -0.05) is 0 Å². The Morgan fingerprint density at radius 1 is 1.03 bits per heavy atom. The normalized spacial score (nSPS) is 11.8. The molecule has 0 aromatic carbocycles. The van der Waals surface area contributed by atoms with Gasteiger partial charge in [-0.15, -0.1) is 0 Å². The lowest BCUT2D eigenvalue weighted by Gasteiger charge is -2.12. The second kappa shape index (κ2) is 11.0. The summed E-state index contributed by atoms with van der Waals surface area (Å²) in [5, 5.41) is 15.0. The van der Waals surface area contributed by atoms with Crippen molar-refractivity contribution in [2.24, 2.45) is 0 Å². The molecule has 0 unspecified atom stereocenters. The lowest BCUT2D eigenvalue weighted by atomic mass is 10.1. The van der Waals surface area contributed by atoms with Crippen LogP contribution in [0.1, 0.15) is 5.56 Å². The van der Waals surface area contributed by atoms with Crippen LogP contribution in [-0.2, 0) is 16.0 Å². The van der Waals surface area contributed by atoms with E-state index in [1.165, 1.54) is 24.1 Å². The monoisotopic (exact) mass is 521 g/mol. The number of aryl methyl sites for hydroxylation is 1. The fourth-order valence-corrected chi connectivity index (χ4v) is 3.76. The van der Waals surface area contributed by atoms with Crippen LogP contribution in [0.25, 0.3) is 27.8 Å². The largest absolute Gasteiger partial charge is 0.494 e. The summed E-state index contributed by atoms with van der Waals surface area (Å²) in [6.45, 7) is 2.14. The van der Waals surface area contributed by atoms with Gasteiger partial charge in [-0.05, 0) is 24.6 Å². The number of rotatable bonds is 11. The summed E-state index contributed by atoms with van der Waals surface area (Å²) in [6.07, 6.45) is 1.18. The Morgan fingerprint density at radius 3 is 2.54 bits per heavy atom. The quantitative estimate of drug-likeness (QED) is 0.296. The summed E-state index contributed by atoms with van der Waals surface area (Å²) in [4.78, 5) is 8.95. The third-order valence-corrected chi connectivity index (χ3v) is 5.41. The van der Waals surface area contributed by atoms with Crippen molar-refractivity contribution >= 4 is 10.9 Å². The van der Waals surface area contributed by atoms with Gasteiger partial charge >= 0.3 is 6.18 Å². The number of ether oxygens (including phenoxy) is 4. The van der Waals surface area contributed by atoms with Gasteiger partial charge in [0.2, 0.25) is 5.88 Å². The number of halogens is 3. The second-order valence-corrected chi connectivity index (χ2v) is 8.10. The average Bonchev–Trinajstić information content (AvgIpc) is 3.44. The summed E-state index contributed by atoms with van der Waals surface area (Å²) in [5.41, 5.74) is 2.64. The molecule has 0 bridgehead atoms. The van der Waals surface area contributed by atoms with Crippen LogP contribution >= 0.6 is 0 Å². The first-order chi connectivity index (χ1) is 17.7. The van der Waals surface area contributed by atoms with Gasteiger partial charge in [0.05, 0.1) is 55.4 Å². The van der Waals surface area contributed by atoms with Gasteiger partial charge in [0.15, 0.2) is 5.75 Å². The van der Waals surface area contributed by atoms with Crippen LogP contribution in [0.5, 0.6) is 17.5 Å². The van der Waals surface area contributed by atoms with E-state index in [-0.39, 0.29) is 18.2 Å². The molecule has 0 aliphatic heterocycles. The molecular formula is C24H26F3N5O5. The molecule has 0 saturated heterocycles. The molecule has 4 aromatic rings. The Kier molecular flexibility index (Phi) is 7.83. The van der Waals surface area contributed by atoms with Gasteiger partial charge in [0.25, 0.3) is 5.88 Å². The molecule has 13 heteroatoms. The fourth-order valence-electron chi connectivity index (χ4n) is 3.76. The van der Waals surface area contributed by atoms with Crippen LogP contribution in [0.4, 0.5) is 13.2 Å². The van der Waals surface area contributed by atoms with E-state index in [1.807, 2.05) is 0 Å². The van der Waals surface area contributed by atoms with Crippen molar-refractivity contribution in [3.63, 3.8) is 0 Å². The average molecular weight is 521 g/mol. The van der Waals surface area contributed by atoms with Gasteiger partial charge in [0.1, 0.15) is 13.2 Å². The van der Waals surface area contributed by atoms with Crippen molar-refractivity contribution in [3.8, 4) is 34.5 Å². The van der Waals surface area contributed by atoms with Crippen LogP contribution in [-0.4, -0.2) is 76.2 Å². The van der Waals surface area contributed by atoms with E-state index in [2.05, 4.69) is 15.1 Å². The number of methoxy groups -OCH3 is 2. The molecule has 10 nitrogen and oxygen atoms in total. The van der Waals surface area contributed by atoms with Crippen molar-refractivity contribution in [3.05, 3.63) is 42.5 Å². The minimum Gasteiger partial charge on any atom is -0.494 e. The highest BCUT2D eigenvalue weighted by Crippen LogP contribution is 2.35. The lowest BCUT2D eigenvalue weighted by molar-refractivity contribution is -0.142. The van der Waals surface area contributed by atoms with Gasteiger partial charge in [0, 0.05) is 31.3 Å². The second-order valence-electron chi connectivity index (χ2n) is 8.10. The highest BCUT2D eigenvalue weighted by atomic mass is 19.4. The molecule has 4 rings (SSSR count). The Labute approximate surface area is 210 Å². The molecule has 0 fully saturated rings. The third kappa shape index (κ3) is 6.12. The molecule has 4 heterocycles. The van der Waals surface area contributed by atoms with Crippen LogP contribution in [0.3, 0.4) is 0 Å². The van der Waals surface area contributed by atoms with Gasteiger partial charge in [-0.3, -0.25) is 9.25 Å². The molecule has 4 aromatic heterocycles. The zero-order valence-electron chi connectivity index (χ0n) is 20.4. The first-order valence-electron chi connectivity index (χ1n) is 11.3. The van der Waals surface area contributed by atoms with Crippen LogP contribution in [0.2, 0.25) is 0 Å². The molecule has 0 aliphatic carbocycles. The first kappa shape index (κ1) is 26.2. The van der Waals surface area contributed by atoms with Crippen molar-refractivity contribution < 1.29 is 37.2 Å². The van der Waals surface area contributed by atoms with Crippen molar-refractivity contribution in [2.75, 3.05) is 40.6 Å². The number of pyridine rings is 2. The van der Waals surface area contributed by atoms with Gasteiger partial charge < -0.3 is 24.1 Å². The number of aromatic hydroxyl groups is 1. The zero-order valence-corrected chi connectivity index (χ0v) is 20.4. The standard InChI is InChI=1S/C24H26F3N5O5/c1-15-8-18(16-9-20(22(35-3)28-10-16)37-7-6-36-5-4-34-2)30-19-13-32(23(33)21(15)19)17-11-29-31(12-17)14-24(25,26)27/h8-13,33H,4-7,14H2,1-3H3. The number of aromatic nitrogens is 5. The molecular weight excluding hydrogens is 495 g/mol. The smallest absolute Gasteiger partial charge is 0.408 e. The molecule has 198 valence electrons. The number of hydrogen-bond acceptors (Lipinski definition) is 8. The SMILES string of the molecule is COCCOCCOc1cc(-c2cc(C)c3c(O)n(-c4cnn(CC(F)(F)F)c4)cc3n2)cnc1OC. The topological polar surface area (TPSA) is 106 Å². The highest BCUT2D eigenvalue weighted by Gasteiger charge is 2.28. The number of hydrogen-bond donors (Lipinski definition) is 1. The van der Waals surface area contributed by atoms with Crippen molar-refractivity contribution in [1.82, 2.24) is 24.3 Å². The molecule has 0 radical (unpaired) electrons. The Morgan fingerprint density at radius 2 is 1.81 bits per heavy atom. The summed E-state index contributed by atoms with van der Waals surface area (Å²) in [7, 11) is 3.08. The van der Waals surface area contributed by atoms with Crippen molar-refractivity contribution in [1.29, 1.82) is 0 Å². The van der Waals surface area contributed by atoms with E-state index in [0.29, 0.717) is 59.2 Å². The Bertz CT molecular complexity index is 1370. The molecule has 1 N–H and O–H groups in total. The van der Waals surface area contributed by atoms with E-state index in [0.717, 1.165) is 4.68 Å². The van der Waals surface area contributed by atoms with Crippen LogP contribution in [0.15, 0.2) is 36.9 Å². The fraction of sp³-hybridized carbons (Fsp3) is 0.375. The maximum Gasteiger partial charge on any atom is 0.408 e. The predicted molar refractivity (Wildman–Crippen MR) is 127 cm³/mol. The number of alkyl halides is 3. The number of fused-ring (bicyclic) bond motifs is 1. The molecule has 0 atom stereocenters. The maximum atomic E-state index is 12.7. The Balaban J connectivity index is 1.61. The van der Waals surface area contributed by atoms with E-state index in [9.17, 15) is 18.3 Å². The Hall–Kier alpha value is -3.84. The van der Waals surface area contributed by atoms with Gasteiger partial charge in [-0.25, -0.2) is 9.97 Å². The minimum absolute atomic E-state index is 0.150. The molecule has 0 aliphatic rings. The zero-order chi connectivity index (χ0) is 26.6. The maximum absolute atomic E-state index is 12.7.